The smallest absolute Gasteiger partial charge is 0.246 e. The van der Waals surface area contributed by atoms with Crippen molar-refractivity contribution in [3.05, 3.63) is 0 Å². The standard InChI is InChI=1S/C27H47N5O6/c1-27(2,3)16-24(34)32-17-20-15-22(32)26(36)28-10-6-9-21(30-19-7-4-5-8-19)25(35)29-11-12-37-13-14-38-18-23(33)31-20/h19-22,30H,4-18H2,1-3H3,(H,28,36)(H,29,35)(H,31,33)/t20-,21+,22-/m1/s1. The highest BCUT2D eigenvalue weighted by Gasteiger charge is 2.40. The Morgan fingerprint density at radius 3 is 2.39 bits per heavy atom. The van der Waals surface area contributed by atoms with Gasteiger partial charge in [-0.15, -0.1) is 0 Å². The van der Waals surface area contributed by atoms with E-state index in [-0.39, 0.29) is 60.9 Å². The fourth-order valence-electron chi connectivity index (χ4n) is 5.35. The molecule has 1 saturated carbocycles. The Labute approximate surface area is 226 Å². The minimum atomic E-state index is -0.647. The molecule has 4 amide bonds. The quantitative estimate of drug-likeness (QED) is 0.411. The Kier molecular flexibility index (Phi) is 11.8. The molecule has 38 heavy (non-hydrogen) atoms. The monoisotopic (exact) mass is 537 g/mol. The third kappa shape index (κ3) is 10.1. The van der Waals surface area contributed by atoms with Crippen LogP contribution in [0.2, 0.25) is 0 Å². The van der Waals surface area contributed by atoms with Gasteiger partial charge < -0.3 is 35.6 Å². The third-order valence-corrected chi connectivity index (χ3v) is 7.20. The summed E-state index contributed by atoms with van der Waals surface area (Å²) in [5.41, 5.74) is -0.221. The molecule has 4 N–H and O–H groups in total. The lowest BCUT2D eigenvalue weighted by Gasteiger charge is -2.27. The number of nitrogens with zero attached hydrogens (tertiary/aromatic N) is 1. The molecule has 2 heterocycles. The van der Waals surface area contributed by atoms with Crippen LogP contribution in [0.5, 0.6) is 0 Å². The first-order chi connectivity index (χ1) is 18.1. The minimum absolute atomic E-state index is 0.0632. The van der Waals surface area contributed by atoms with Crippen LogP contribution in [-0.4, -0.2) is 98.8 Å². The molecule has 11 heteroatoms. The highest BCUT2D eigenvalue weighted by Crippen LogP contribution is 2.25. The number of fused-ring (bicyclic) bond motifs is 2. The van der Waals surface area contributed by atoms with Gasteiger partial charge in [0, 0.05) is 38.1 Å². The Hall–Kier alpha value is -2.24. The van der Waals surface area contributed by atoms with E-state index in [4.69, 9.17) is 9.47 Å². The van der Waals surface area contributed by atoms with E-state index in [2.05, 4.69) is 21.3 Å². The normalized spacial score (nSPS) is 27.9. The predicted octanol–water partition coefficient (Wildman–Crippen LogP) is 0.469. The van der Waals surface area contributed by atoms with E-state index < -0.39 is 6.04 Å². The summed E-state index contributed by atoms with van der Waals surface area (Å²) < 4.78 is 10.9. The van der Waals surface area contributed by atoms with Crippen molar-refractivity contribution in [2.24, 2.45) is 5.41 Å². The van der Waals surface area contributed by atoms with Crippen molar-refractivity contribution in [2.75, 3.05) is 46.1 Å². The van der Waals surface area contributed by atoms with Crippen molar-refractivity contribution in [2.45, 2.75) is 96.3 Å². The largest absolute Gasteiger partial charge is 0.377 e. The fourth-order valence-corrected chi connectivity index (χ4v) is 5.35. The van der Waals surface area contributed by atoms with Gasteiger partial charge in [0.2, 0.25) is 23.6 Å². The van der Waals surface area contributed by atoms with Crippen LogP contribution in [-0.2, 0) is 28.7 Å². The molecular weight excluding hydrogens is 490 g/mol. The van der Waals surface area contributed by atoms with Crippen LogP contribution in [0.25, 0.3) is 0 Å². The first-order valence-corrected chi connectivity index (χ1v) is 14.2. The number of carbonyl (C=O) groups is 4. The summed E-state index contributed by atoms with van der Waals surface area (Å²) >= 11 is 0. The molecule has 11 nitrogen and oxygen atoms in total. The van der Waals surface area contributed by atoms with Gasteiger partial charge in [0.15, 0.2) is 0 Å². The number of hydrogen-bond donors (Lipinski definition) is 4. The summed E-state index contributed by atoms with van der Waals surface area (Å²) in [5.74, 6) is -0.677. The van der Waals surface area contributed by atoms with Gasteiger partial charge in [-0.3, -0.25) is 19.2 Å². The summed E-state index contributed by atoms with van der Waals surface area (Å²) in [7, 11) is 0. The van der Waals surface area contributed by atoms with E-state index in [9.17, 15) is 19.2 Å². The Morgan fingerprint density at radius 2 is 1.66 bits per heavy atom. The number of ether oxygens (including phenoxy) is 2. The molecular formula is C27H47N5O6. The van der Waals surface area contributed by atoms with E-state index in [1.165, 1.54) is 12.8 Å². The van der Waals surface area contributed by atoms with Crippen molar-refractivity contribution < 1.29 is 28.7 Å². The lowest BCUT2D eigenvalue weighted by atomic mass is 9.91. The second kappa shape index (κ2) is 14.8. The molecule has 0 aromatic heterocycles. The molecule has 216 valence electrons. The maximum Gasteiger partial charge on any atom is 0.246 e. The Balaban J connectivity index is 1.65. The molecule has 0 spiro atoms. The molecule has 3 rings (SSSR count). The molecule has 0 aromatic carbocycles. The number of likely N-dealkylation sites (tertiary alicyclic amines) is 1. The number of nitrogens with one attached hydrogen (secondary N) is 4. The van der Waals surface area contributed by atoms with Crippen LogP contribution in [0.1, 0.15) is 72.1 Å². The van der Waals surface area contributed by atoms with Gasteiger partial charge >= 0.3 is 0 Å². The Morgan fingerprint density at radius 1 is 0.947 bits per heavy atom. The van der Waals surface area contributed by atoms with Crippen LogP contribution in [0.4, 0.5) is 0 Å². The molecule has 2 aliphatic heterocycles. The van der Waals surface area contributed by atoms with Crippen LogP contribution < -0.4 is 21.3 Å². The van der Waals surface area contributed by atoms with Gasteiger partial charge in [0.05, 0.1) is 25.9 Å². The van der Waals surface area contributed by atoms with Gasteiger partial charge in [0.25, 0.3) is 0 Å². The summed E-state index contributed by atoms with van der Waals surface area (Å²) in [4.78, 5) is 53.1. The van der Waals surface area contributed by atoms with Crippen molar-refractivity contribution in [1.29, 1.82) is 0 Å². The summed E-state index contributed by atoms with van der Waals surface area (Å²) in [6.07, 6.45) is 6.36. The Bertz CT molecular complexity index is 810. The van der Waals surface area contributed by atoms with E-state index in [1.807, 2.05) is 20.8 Å². The maximum absolute atomic E-state index is 13.2. The predicted molar refractivity (Wildman–Crippen MR) is 142 cm³/mol. The molecule has 0 unspecified atom stereocenters. The molecule has 3 aliphatic rings. The second-order valence-corrected chi connectivity index (χ2v) is 11.9. The molecule has 1 aliphatic carbocycles. The minimum Gasteiger partial charge on any atom is -0.377 e. The van der Waals surface area contributed by atoms with E-state index in [0.29, 0.717) is 58.0 Å². The number of amides is 4. The summed E-state index contributed by atoms with van der Waals surface area (Å²) in [6.45, 7) is 7.83. The molecule has 2 saturated heterocycles. The van der Waals surface area contributed by atoms with Gasteiger partial charge in [-0.05, 0) is 37.5 Å². The number of rotatable bonds is 3. The SMILES string of the molecule is CC(C)(C)CC(=O)N1C[C@H]2C[C@@H]1C(=O)NCCC[C@H](NC1CCCC1)C(=O)NCCOCCOCC(=O)N2. The van der Waals surface area contributed by atoms with Crippen LogP contribution in [0.3, 0.4) is 0 Å². The lowest BCUT2D eigenvalue weighted by Crippen LogP contribution is -2.49. The third-order valence-electron chi connectivity index (χ3n) is 7.20. The van der Waals surface area contributed by atoms with Gasteiger partial charge in [-0.1, -0.05) is 33.6 Å². The second-order valence-electron chi connectivity index (χ2n) is 11.9. The van der Waals surface area contributed by atoms with Crippen molar-refractivity contribution >= 4 is 23.6 Å². The summed E-state index contributed by atoms with van der Waals surface area (Å²) in [6, 6.07) is -0.964. The topological polar surface area (TPSA) is 138 Å². The fraction of sp³-hybridized carbons (Fsp3) is 0.852. The highest BCUT2D eigenvalue weighted by atomic mass is 16.5. The van der Waals surface area contributed by atoms with Gasteiger partial charge in [-0.25, -0.2) is 0 Å². The molecule has 0 radical (unpaired) electrons. The molecule has 2 bridgehead atoms. The van der Waals surface area contributed by atoms with Crippen LogP contribution >= 0.6 is 0 Å². The zero-order chi connectivity index (χ0) is 27.5. The zero-order valence-electron chi connectivity index (χ0n) is 23.3. The molecule has 0 aromatic rings. The number of hydrogen-bond acceptors (Lipinski definition) is 7. The maximum atomic E-state index is 13.2. The first-order valence-electron chi connectivity index (χ1n) is 14.2. The molecule has 3 atom stereocenters. The van der Waals surface area contributed by atoms with Gasteiger partial charge in [0.1, 0.15) is 12.6 Å². The average Bonchev–Trinajstić information content (AvgIpc) is 3.51. The van der Waals surface area contributed by atoms with E-state index in [0.717, 1.165) is 12.8 Å². The van der Waals surface area contributed by atoms with Gasteiger partial charge in [-0.2, -0.15) is 0 Å². The van der Waals surface area contributed by atoms with E-state index in [1.54, 1.807) is 4.90 Å². The molecule has 3 fully saturated rings. The van der Waals surface area contributed by atoms with Crippen molar-refractivity contribution in [3.63, 3.8) is 0 Å². The lowest BCUT2D eigenvalue weighted by molar-refractivity contribution is -0.139. The van der Waals surface area contributed by atoms with Crippen molar-refractivity contribution in [3.8, 4) is 0 Å². The van der Waals surface area contributed by atoms with Crippen LogP contribution in [0.15, 0.2) is 0 Å². The van der Waals surface area contributed by atoms with Crippen LogP contribution in [0, 0.1) is 5.41 Å². The first kappa shape index (κ1) is 30.3. The van der Waals surface area contributed by atoms with Crippen molar-refractivity contribution in [1.82, 2.24) is 26.2 Å². The average molecular weight is 538 g/mol. The number of carbonyl (C=O) groups excluding carboxylic acids is 4. The summed E-state index contributed by atoms with van der Waals surface area (Å²) in [5, 5.41) is 12.3. The zero-order valence-corrected chi connectivity index (χ0v) is 23.3. The van der Waals surface area contributed by atoms with E-state index >= 15 is 0 Å². The highest BCUT2D eigenvalue weighted by molar-refractivity contribution is 5.89.